The van der Waals surface area contributed by atoms with E-state index in [1.807, 2.05) is 0 Å². The molecule has 0 saturated carbocycles. The molecule has 2 heterocycles. The van der Waals surface area contributed by atoms with Gasteiger partial charge in [-0.05, 0) is 41.5 Å². The summed E-state index contributed by atoms with van der Waals surface area (Å²) in [6, 6.07) is 11.8. The van der Waals surface area contributed by atoms with Crippen LogP contribution < -0.4 is 5.32 Å². The summed E-state index contributed by atoms with van der Waals surface area (Å²) in [7, 11) is 0. The van der Waals surface area contributed by atoms with E-state index in [1.165, 1.54) is 30.6 Å². The van der Waals surface area contributed by atoms with Crippen LogP contribution in [0.1, 0.15) is 16.7 Å². The lowest BCUT2D eigenvalue weighted by molar-refractivity contribution is -0.118. The third kappa shape index (κ3) is 2.04. The van der Waals surface area contributed by atoms with Crippen molar-refractivity contribution in [2.75, 3.05) is 5.32 Å². The zero-order chi connectivity index (χ0) is 17.6. The lowest BCUT2D eigenvalue weighted by Gasteiger charge is -2.28. The van der Waals surface area contributed by atoms with E-state index in [0.717, 1.165) is 6.07 Å². The molecule has 0 radical (unpaired) electrons. The van der Waals surface area contributed by atoms with Gasteiger partial charge in [-0.1, -0.05) is 18.2 Å². The van der Waals surface area contributed by atoms with Gasteiger partial charge in [-0.25, -0.2) is 8.78 Å². The highest BCUT2D eigenvalue weighted by molar-refractivity contribution is 6.11. The van der Waals surface area contributed by atoms with Crippen LogP contribution in [-0.4, -0.2) is 16.0 Å². The molecule has 124 valence electrons. The number of pyridine rings is 1. The molecule has 1 aliphatic rings. The molecule has 0 spiro atoms. The van der Waals surface area contributed by atoms with Crippen LogP contribution in [0, 0.1) is 11.6 Å². The van der Waals surface area contributed by atoms with E-state index in [4.69, 9.17) is 0 Å². The van der Waals surface area contributed by atoms with Gasteiger partial charge in [-0.3, -0.25) is 9.78 Å². The minimum absolute atomic E-state index is 0.0394. The van der Waals surface area contributed by atoms with Gasteiger partial charge in [-0.15, -0.1) is 0 Å². The predicted molar refractivity (Wildman–Crippen MR) is 87.2 cm³/mol. The van der Waals surface area contributed by atoms with Crippen molar-refractivity contribution in [1.82, 2.24) is 4.98 Å². The molecule has 0 aliphatic carbocycles. The van der Waals surface area contributed by atoms with E-state index in [0.29, 0.717) is 16.7 Å². The Bertz CT molecular complexity index is 975. The molecule has 1 aliphatic heterocycles. The van der Waals surface area contributed by atoms with Gasteiger partial charge in [0.05, 0.1) is 5.69 Å². The number of carbonyl (C=O) groups excluding carboxylic acids is 1. The van der Waals surface area contributed by atoms with Crippen molar-refractivity contribution in [2.24, 2.45) is 0 Å². The Morgan fingerprint density at radius 1 is 0.920 bits per heavy atom. The predicted octanol–water partition coefficient (Wildman–Crippen LogP) is 3.35. The number of fused-ring (bicyclic) bond motifs is 1. The van der Waals surface area contributed by atoms with E-state index >= 15 is 0 Å². The fraction of sp³-hybridized carbons (Fsp3) is 0.0526. The number of hydrogen-bond acceptors (Lipinski definition) is 3. The Morgan fingerprint density at radius 2 is 1.56 bits per heavy atom. The Balaban J connectivity index is 2.09. The fourth-order valence-electron chi connectivity index (χ4n) is 3.37. The molecule has 3 aromatic rings. The number of phenolic OH excluding ortho intramolecular Hbond substituents is 1. The SMILES string of the molecule is O=C1Nc2c(ccc(F)c2F)C1(c1ccncc1)c1ccc(O)cc1. The van der Waals surface area contributed by atoms with Crippen LogP contribution in [-0.2, 0) is 10.2 Å². The zero-order valence-electron chi connectivity index (χ0n) is 12.8. The molecule has 0 saturated heterocycles. The number of phenols is 1. The summed E-state index contributed by atoms with van der Waals surface area (Å²) in [5.41, 5.74) is -0.127. The maximum atomic E-state index is 14.3. The first-order valence-corrected chi connectivity index (χ1v) is 7.55. The highest BCUT2D eigenvalue weighted by Crippen LogP contribution is 2.48. The van der Waals surface area contributed by atoms with Crippen molar-refractivity contribution in [1.29, 1.82) is 0 Å². The van der Waals surface area contributed by atoms with Crippen molar-refractivity contribution in [3.05, 3.63) is 89.2 Å². The molecule has 1 atom stereocenters. The molecular formula is C19H12F2N2O2. The summed E-state index contributed by atoms with van der Waals surface area (Å²) in [6.45, 7) is 0. The van der Waals surface area contributed by atoms with Crippen LogP contribution in [0.25, 0.3) is 0 Å². The van der Waals surface area contributed by atoms with Gasteiger partial charge in [0.15, 0.2) is 11.6 Å². The van der Waals surface area contributed by atoms with Crippen molar-refractivity contribution >= 4 is 11.6 Å². The van der Waals surface area contributed by atoms with Crippen LogP contribution in [0.3, 0.4) is 0 Å². The highest BCUT2D eigenvalue weighted by atomic mass is 19.2. The second-order valence-corrected chi connectivity index (χ2v) is 5.77. The van der Waals surface area contributed by atoms with Crippen molar-refractivity contribution in [2.45, 2.75) is 5.41 Å². The number of amides is 1. The molecule has 4 nitrogen and oxygen atoms in total. The summed E-state index contributed by atoms with van der Waals surface area (Å²) in [5.74, 6) is -2.59. The number of nitrogens with one attached hydrogen (secondary N) is 1. The zero-order valence-corrected chi connectivity index (χ0v) is 12.8. The van der Waals surface area contributed by atoms with Crippen molar-refractivity contribution in [3.8, 4) is 5.75 Å². The molecule has 4 rings (SSSR count). The Hall–Kier alpha value is -3.28. The maximum Gasteiger partial charge on any atom is 0.244 e. The number of anilines is 1. The average molecular weight is 338 g/mol. The monoisotopic (exact) mass is 338 g/mol. The lowest BCUT2D eigenvalue weighted by atomic mass is 9.70. The maximum absolute atomic E-state index is 14.3. The molecular weight excluding hydrogens is 326 g/mol. The number of hydrogen-bond donors (Lipinski definition) is 2. The molecule has 0 bridgehead atoms. The number of rotatable bonds is 2. The molecule has 6 heteroatoms. The lowest BCUT2D eigenvalue weighted by Crippen LogP contribution is -2.37. The van der Waals surface area contributed by atoms with Gasteiger partial charge >= 0.3 is 0 Å². The smallest absolute Gasteiger partial charge is 0.244 e. The summed E-state index contributed by atoms with van der Waals surface area (Å²) in [4.78, 5) is 17.0. The fourth-order valence-corrected chi connectivity index (χ4v) is 3.37. The van der Waals surface area contributed by atoms with Crippen LogP contribution in [0.2, 0.25) is 0 Å². The van der Waals surface area contributed by atoms with E-state index < -0.39 is 23.0 Å². The molecule has 1 unspecified atom stereocenters. The van der Waals surface area contributed by atoms with Gasteiger partial charge in [0.25, 0.3) is 0 Å². The molecule has 2 aromatic carbocycles. The highest BCUT2D eigenvalue weighted by Gasteiger charge is 2.51. The van der Waals surface area contributed by atoms with Crippen LogP contribution >= 0.6 is 0 Å². The molecule has 1 amide bonds. The number of aromatic hydroxyl groups is 1. The summed E-state index contributed by atoms with van der Waals surface area (Å²) >= 11 is 0. The third-order valence-electron chi connectivity index (χ3n) is 4.49. The van der Waals surface area contributed by atoms with Gasteiger partial charge in [0, 0.05) is 18.0 Å². The number of aromatic nitrogens is 1. The van der Waals surface area contributed by atoms with E-state index in [-0.39, 0.29) is 11.4 Å². The van der Waals surface area contributed by atoms with Crippen LogP contribution in [0.5, 0.6) is 5.75 Å². The van der Waals surface area contributed by atoms with E-state index in [2.05, 4.69) is 10.3 Å². The van der Waals surface area contributed by atoms with Gasteiger partial charge in [0.1, 0.15) is 11.2 Å². The second kappa shape index (κ2) is 5.37. The topological polar surface area (TPSA) is 62.2 Å². The molecule has 25 heavy (non-hydrogen) atoms. The Morgan fingerprint density at radius 3 is 2.24 bits per heavy atom. The molecule has 0 fully saturated rings. The number of nitrogens with zero attached hydrogens (tertiary/aromatic N) is 1. The average Bonchev–Trinajstić information content (AvgIpc) is 2.93. The summed E-state index contributed by atoms with van der Waals surface area (Å²) in [6.07, 6.45) is 3.06. The van der Waals surface area contributed by atoms with Gasteiger partial charge in [0.2, 0.25) is 5.91 Å². The minimum atomic E-state index is -1.36. The van der Waals surface area contributed by atoms with E-state index in [9.17, 15) is 18.7 Å². The van der Waals surface area contributed by atoms with Gasteiger partial charge < -0.3 is 10.4 Å². The summed E-state index contributed by atoms with van der Waals surface area (Å²) < 4.78 is 27.9. The quantitative estimate of drug-likeness (QED) is 0.753. The van der Waals surface area contributed by atoms with E-state index in [1.54, 1.807) is 24.3 Å². The minimum Gasteiger partial charge on any atom is -0.508 e. The largest absolute Gasteiger partial charge is 0.508 e. The van der Waals surface area contributed by atoms with Crippen LogP contribution in [0.15, 0.2) is 60.9 Å². The number of carbonyl (C=O) groups is 1. The summed E-state index contributed by atoms with van der Waals surface area (Å²) in [5, 5.41) is 12.0. The van der Waals surface area contributed by atoms with Crippen molar-refractivity contribution in [3.63, 3.8) is 0 Å². The molecule has 2 N–H and O–H groups in total. The normalized spacial score (nSPS) is 18.7. The van der Waals surface area contributed by atoms with Gasteiger partial charge in [-0.2, -0.15) is 0 Å². The van der Waals surface area contributed by atoms with Crippen LogP contribution in [0.4, 0.5) is 14.5 Å². The first-order valence-electron chi connectivity index (χ1n) is 7.55. The Labute approximate surface area is 141 Å². The number of halogens is 2. The molecule has 1 aromatic heterocycles. The first kappa shape index (κ1) is 15.3. The second-order valence-electron chi connectivity index (χ2n) is 5.77. The standard InChI is InChI=1S/C19H12F2N2O2/c20-15-6-5-14-17(16(15)21)23-18(25)19(14,12-7-9-22-10-8-12)11-1-3-13(24)4-2-11/h1-10,24H,(H,23,25). The first-order chi connectivity index (χ1) is 12.0. The third-order valence-corrected chi connectivity index (χ3v) is 4.49. The van der Waals surface area contributed by atoms with Crippen molar-refractivity contribution < 1.29 is 18.7 Å². The number of benzene rings is 2. The Kier molecular flexibility index (Phi) is 3.28.